The Morgan fingerprint density at radius 2 is 1.73 bits per heavy atom. The van der Waals surface area contributed by atoms with Gasteiger partial charge in [-0.1, -0.05) is 43.6 Å². The molecule has 2 aromatic rings. The van der Waals surface area contributed by atoms with E-state index in [1.54, 1.807) is 49.1 Å². The van der Waals surface area contributed by atoms with Gasteiger partial charge in [0, 0.05) is 31.2 Å². The van der Waals surface area contributed by atoms with Crippen LogP contribution >= 0.6 is 11.6 Å². The van der Waals surface area contributed by atoms with Gasteiger partial charge in [0.25, 0.3) is 0 Å². The predicted molar refractivity (Wildman–Crippen MR) is 116 cm³/mol. The molecule has 1 amide bonds. The molecule has 1 atom stereocenters. The topological polar surface area (TPSA) is 69.7 Å². The summed E-state index contributed by atoms with van der Waals surface area (Å²) in [4.78, 5) is 16.6. The van der Waals surface area contributed by atoms with Gasteiger partial charge in [-0.3, -0.25) is 4.79 Å². The zero-order valence-electron chi connectivity index (χ0n) is 16.9. The van der Waals surface area contributed by atoms with Crippen molar-refractivity contribution in [1.29, 1.82) is 0 Å². The van der Waals surface area contributed by atoms with Gasteiger partial charge in [0.15, 0.2) is 0 Å². The van der Waals surface area contributed by atoms with E-state index in [1.807, 2.05) is 4.90 Å². The number of benzene rings is 2. The quantitative estimate of drug-likeness (QED) is 0.729. The number of para-hydroxylation sites is 1. The van der Waals surface area contributed by atoms with Crippen LogP contribution in [-0.2, 0) is 14.8 Å². The summed E-state index contributed by atoms with van der Waals surface area (Å²) in [6, 6.07) is 11.5. The Bertz CT molecular complexity index is 1010. The van der Waals surface area contributed by atoms with Crippen molar-refractivity contribution in [1.82, 2.24) is 9.62 Å². The number of nitrogens with zero attached hydrogens (tertiary/aromatic N) is 2. The minimum Gasteiger partial charge on any atom is -0.366 e. The molecule has 162 valence electrons. The van der Waals surface area contributed by atoms with Gasteiger partial charge in [0.1, 0.15) is 11.9 Å². The van der Waals surface area contributed by atoms with Gasteiger partial charge in [0.2, 0.25) is 15.9 Å². The van der Waals surface area contributed by atoms with Gasteiger partial charge >= 0.3 is 0 Å². The van der Waals surface area contributed by atoms with Crippen LogP contribution in [-0.4, -0.2) is 51.4 Å². The van der Waals surface area contributed by atoms with Crippen LogP contribution in [0.5, 0.6) is 0 Å². The van der Waals surface area contributed by atoms with E-state index in [0.29, 0.717) is 36.9 Å². The van der Waals surface area contributed by atoms with Gasteiger partial charge < -0.3 is 9.80 Å². The fourth-order valence-electron chi connectivity index (χ4n) is 3.41. The maximum absolute atomic E-state index is 14.0. The number of carbonyl (C=O) groups excluding carboxylic acids is 1. The van der Waals surface area contributed by atoms with Crippen molar-refractivity contribution in [3.63, 3.8) is 0 Å². The Hall–Kier alpha value is -2.16. The summed E-state index contributed by atoms with van der Waals surface area (Å²) in [7, 11) is -3.91. The van der Waals surface area contributed by atoms with Crippen molar-refractivity contribution >= 4 is 33.2 Å². The molecule has 1 aliphatic rings. The SMILES string of the molecule is CC(C)[C@H](NS(=O)(=O)c1cccc(Cl)c1)C(=O)N1CCN(c2ccccc2F)CC1. The Labute approximate surface area is 181 Å². The van der Waals surface area contributed by atoms with E-state index in [2.05, 4.69) is 4.72 Å². The van der Waals surface area contributed by atoms with E-state index in [0.717, 1.165) is 0 Å². The molecule has 2 aromatic carbocycles. The van der Waals surface area contributed by atoms with E-state index in [4.69, 9.17) is 11.6 Å². The van der Waals surface area contributed by atoms with Gasteiger partial charge in [0.05, 0.1) is 10.6 Å². The van der Waals surface area contributed by atoms with Crippen LogP contribution in [0.3, 0.4) is 0 Å². The van der Waals surface area contributed by atoms with Gasteiger partial charge in [-0.2, -0.15) is 4.72 Å². The average Bonchev–Trinajstić information content (AvgIpc) is 2.72. The second kappa shape index (κ2) is 9.32. The Balaban J connectivity index is 1.70. The lowest BCUT2D eigenvalue weighted by atomic mass is 10.0. The average molecular weight is 454 g/mol. The molecule has 1 aliphatic heterocycles. The molecule has 0 spiro atoms. The Morgan fingerprint density at radius 3 is 2.33 bits per heavy atom. The Morgan fingerprint density at radius 1 is 1.07 bits per heavy atom. The molecule has 1 N–H and O–H groups in total. The molecular formula is C21H25ClFN3O3S. The van der Waals surface area contributed by atoms with Crippen LogP contribution in [0.1, 0.15) is 13.8 Å². The molecule has 3 rings (SSSR count). The number of hydrogen-bond donors (Lipinski definition) is 1. The van der Waals surface area contributed by atoms with Gasteiger partial charge in [-0.15, -0.1) is 0 Å². The molecule has 0 bridgehead atoms. The Kier molecular flexibility index (Phi) is 7.00. The summed E-state index contributed by atoms with van der Waals surface area (Å²) < 4.78 is 42.1. The van der Waals surface area contributed by atoms with Crippen molar-refractivity contribution in [2.45, 2.75) is 24.8 Å². The first-order valence-electron chi connectivity index (χ1n) is 9.75. The smallest absolute Gasteiger partial charge is 0.241 e. The fraction of sp³-hybridized carbons (Fsp3) is 0.381. The molecule has 6 nitrogen and oxygen atoms in total. The van der Waals surface area contributed by atoms with Crippen molar-refractivity contribution in [3.05, 3.63) is 59.4 Å². The van der Waals surface area contributed by atoms with Crippen molar-refractivity contribution in [2.24, 2.45) is 5.92 Å². The highest BCUT2D eigenvalue weighted by atomic mass is 35.5. The summed E-state index contributed by atoms with van der Waals surface area (Å²) in [5.41, 5.74) is 0.506. The van der Waals surface area contributed by atoms with Crippen LogP contribution in [0, 0.1) is 11.7 Å². The number of amides is 1. The van der Waals surface area contributed by atoms with Crippen LogP contribution in [0.25, 0.3) is 0 Å². The van der Waals surface area contributed by atoms with Gasteiger partial charge in [-0.05, 0) is 36.2 Å². The fourth-order valence-corrected chi connectivity index (χ4v) is 5.05. The summed E-state index contributed by atoms with van der Waals surface area (Å²) in [6.45, 7) is 5.29. The van der Waals surface area contributed by atoms with Gasteiger partial charge in [-0.25, -0.2) is 12.8 Å². The largest absolute Gasteiger partial charge is 0.366 e. The van der Waals surface area contributed by atoms with E-state index in [1.165, 1.54) is 18.2 Å². The molecule has 0 unspecified atom stereocenters. The number of piperazine rings is 1. The number of sulfonamides is 1. The molecule has 0 aromatic heterocycles. The van der Waals surface area contributed by atoms with Crippen LogP contribution < -0.4 is 9.62 Å². The number of halogens is 2. The van der Waals surface area contributed by atoms with E-state index in [-0.39, 0.29) is 22.5 Å². The summed E-state index contributed by atoms with van der Waals surface area (Å²) in [5, 5.41) is 0.301. The maximum atomic E-state index is 14.0. The lowest BCUT2D eigenvalue weighted by molar-refractivity contribution is -0.134. The number of rotatable bonds is 6. The van der Waals surface area contributed by atoms with Crippen LogP contribution in [0.15, 0.2) is 53.4 Å². The van der Waals surface area contributed by atoms with Crippen molar-refractivity contribution in [2.75, 3.05) is 31.1 Å². The van der Waals surface area contributed by atoms with E-state index >= 15 is 0 Å². The van der Waals surface area contributed by atoms with Crippen LogP contribution in [0.2, 0.25) is 5.02 Å². The van der Waals surface area contributed by atoms with E-state index in [9.17, 15) is 17.6 Å². The zero-order valence-corrected chi connectivity index (χ0v) is 18.5. The molecule has 1 heterocycles. The minimum absolute atomic E-state index is 0.0119. The molecule has 0 radical (unpaired) electrons. The molecule has 30 heavy (non-hydrogen) atoms. The molecule has 0 aliphatic carbocycles. The lowest BCUT2D eigenvalue weighted by Gasteiger charge is -2.38. The molecule has 9 heteroatoms. The maximum Gasteiger partial charge on any atom is 0.241 e. The first-order chi connectivity index (χ1) is 14.2. The summed E-state index contributed by atoms with van der Waals surface area (Å²) >= 11 is 5.91. The number of nitrogens with one attached hydrogen (secondary N) is 1. The highest BCUT2D eigenvalue weighted by molar-refractivity contribution is 7.89. The third-order valence-electron chi connectivity index (χ3n) is 5.11. The normalized spacial score (nSPS) is 16.0. The molecule has 1 saturated heterocycles. The lowest BCUT2D eigenvalue weighted by Crippen LogP contribution is -2.56. The molecule has 0 saturated carbocycles. The first kappa shape index (κ1) is 22.5. The third-order valence-corrected chi connectivity index (χ3v) is 6.78. The standard InChI is InChI=1S/C21H25ClFN3O3S/c1-15(2)20(24-30(28,29)17-7-5-6-16(22)14-17)21(27)26-12-10-25(11-13-26)19-9-4-3-8-18(19)23/h3-9,14-15,20,24H,10-13H2,1-2H3/t20-/m0/s1. The summed E-state index contributed by atoms with van der Waals surface area (Å²) in [6.07, 6.45) is 0. The highest BCUT2D eigenvalue weighted by Gasteiger charge is 2.33. The predicted octanol–water partition coefficient (Wildman–Crippen LogP) is 3.13. The molecule has 1 fully saturated rings. The van der Waals surface area contributed by atoms with Crippen LogP contribution in [0.4, 0.5) is 10.1 Å². The minimum atomic E-state index is -3.91. The monoisotopic (exact) mass is 453 g/mol. The molecular weight excluding hydrogens is 429 g/mol. The second-order valence-corrected chi connectivity index (χ2v) is 9.71. The van der Waals surface area contributed by atoms with E-state index < -0.39 is 16.1 Å². The highest BCUT2D eigenvalue weighted by Crippen LogP contribution is 2.22. The van der Waals surface area contributed by atoms with Crippen molar-refractivity contribution < 1.29 is 17.6 Å². The summed E-state index contributed by atoms with van der Waals surface area (Å²) in [5.74, 6) is -0.841. The third kappa shape index (κ3) is 5.11. The second-order valence-electron chi connectivity index (χ2n) is 7.56. The van der Waals surface area contributed by atoms with Crippen molar-refractivity contribution in [3.8, 4) is 0 Å². The first-order valence-corrected chi connectivity index (χ1v) is 11.6. The number of carbonyl (C=O) groups is 1. The number of hydrogen-bond acceptors (Lipinski definition) is 4. The zero-order chi connectivity index (χ0) is 21.9. The number of anilines is 1.